The van der Waals surface area contributed by atoms with Crippen LogP contribution in [0.25, 0.3) is 11.0 Å². The van der Waals surface area contributed by atoms with Crippen LogP contribution in [0.5, 0.6) is 0 Å². The Bertz CT molecular complexity index is 597. The van der Waals surface area contributed by atoms with E-state index in [1.54, 1.807) is 6.07 Å². The first-order valence-electron chi connectivity index (χ1n) is 5.85. The Balaban J connectivity index is 2.39. The molecule has 0 saturated heterocycles. The van der Waals surface area contributed by atoms with Gasteiger partial charge >= 0.3 is 0 Å². The highest BCUT2D eigenvalue weighted by atomic mass is 32.2. The monoisotopic (exact) mass is 260 g/mol. The highest BCUT2D eigenvalue weighted by molar-refractivity contribution is 7.99. The molecule has 0 spiro atoms. The van der Waals surface area contributed by atoms with Crippen LogP contribution in [0.1, 0.15) is 18.9 Å². The van der Waals surface area contributed by atoms with Crippen LogP contribution in [0.2, 0.25) is 0 Å². The average Bonchev–Trinajstić information content (AvgIpc) is 2.71. The molecule has 0 bridgehead atoms. The molecule has 0 aliphatic rings. The number of nitriles is 1. The van der Waals surface area contributed by atoms with E-state index in [0.29, 0.717) is 22.3 Å². The molecule has 4 nitrogen and oxygen atoms in total. The summed E-state index contributed by atoms with van der Waals surface area (Å²) in [5, 5.41) is 9.63. The number of aryl methyl sites for hydroxylation is 1. The molecule has 0 amide bonds. The lowest BCUT2D eigenvalue weighted by atomic mass is 10.2. The molecule has 0 radical (unpaired) electrons. The molecule has 1 aromatic carbocycles. The zero-order valence-corrected chi connectivity index (χ0v) is 11.4. The topological polar surface area (TPSA) is 67.6 Å². The number of anilines is 1. The van der Waals surface area contributed by atoms with Gasteiger partial charge < -0.3 is 10.3 Å². The number of aromatic nitrogens is 2. The Morgan fingerprint density at radius 2 is 2.33 bits per heavy atom. The van der Waals surface area contributed by atoms with Gasteiger partial charge in [0.05, 0.1) is 11.1 Å². The molecule has 0 saturated carbocycles. The van der Waals surface area contributed by atoms with Gasteiger partial charge in [0.1, 0.15) is 11.6 Å². The van der Waals surface area contributed by atoms with Crippen molar-refractivity contribution < 1.29 is 0 Å². The van der Waals surface area contributed by atoms with Crippen LogP contribution < -0.4 is 5.73 Å². The largest absolute Gasteiger partial charge is 0.369 e. The van der Waals surface area contributed by atoms with Crippen LogP contribution in [0, 0.1) is 11.3 Å². The van der Waals surface area contributed by atoms with Gasteiger partial charge in [-0.15, -0.1) is 0 Å². The highest BCUT2D eigenvalue weighted by Gasteiger charge is 2.11. The third-order valence-corrected chi connectivity index (χ3v) is 4.13. The van der Waals surface area contributed by atoms with Crippen LogP contribution in [0.3, 0.4) is 0 Å². The Hall–Kier alpha value is -1.67. The molecule has 1 atom stereocenters. The normalized spacial score (nSPS) is 12.5. The number of fused-ring (bicyclic) bond motifs is 1. The molecule has 0 aliphatic heterocycles. The first kappa shape index (κ1) is 12.8. The zero-order valence-electron chi connectivity index (χ0n) is 10.6. The molecule has 5 heteroatoms. The van der Waals surface area contributed by atoms with Crippen LogP contribution in [0.15, 0.2) is 18.2 Å². The summed E-state index contributed by atoms with van der Waals surface area (Å²) >= 11 is 1.84. The van der Waals surface area contributed by atoms with Crippen molar-refractivity contribution in [3.05, 3.63) is 23.8 Å². The number of rotatable bonds is 4. The minimum Gasteiger partial charge on any atom is -0.369 e. The van der Waals surface area contributed by atoms with Crippen LogP contribution in [0.4, 0.5) is 5.95 Å². The fourth-order valence-corrected chi connectivity index (χ4v) is 2.26. The third-order valence-electron chi connectivity index (χ3n) is 3.09. The molecule has 94 valence electrons. The predicted molar refractivity (Wildman–Crippen MR) is 76.5 cm³/mol. The summed E-state index contributed by atoms with van der Waals surface area (Å²) in [6.45, 7) is 3.03. The number of para-hydroxylation sites is 1. The van der Waals surface area contributed by atoms with Crippen LogP contribution in [-0.4, -0.2) is 21.1 Å². The summed E-state index contributed by atoms with van der Waals surface area (Å²) in [6, 6.07) is 7.75. The van der Waals surface area contributed by atoms with E-state index in [9.17, 15) is 0 Å². The summed E-state index contributed by atoms with van der Waals surface area (Å²) in [5.74, 6) is 0.487. The van der Waals surface area contributed by atoms with Crippen molar-refractivity contribution in [2.24, 2.45) is 0 Å². The van der Waals surface area contributed by atoms with Crippen molar-refractivity contribution >= 4 is 28.7 Å². The van der Waals surface area contributed by atoms with Gasteiger partial charge in [0, 0.05) is 11.8 Å². The summed E-state index contributed by atoms with van der Waals surface area (Å²) in [7, 11) is 0. The Morgan fingerprint density at radius 3 is 3.00 bits per heavy atom. The standard InChI is InChI=1S/C13H16N4S/c1-9(18-2)6-7-17-11-5-3-4-10(8-14)12(11)16-13(17)15/h3-5,9H,6-7H2,1-2H3,(H2,15,16). The third kappa shape index (κ3) is 2.29. The molecule has 0 aliphatic carbocycles. The van der Waals surface area contributed by atoms with Crippen molar-refractivity contribution in [2.45, 2.75) is 25.1 Å². The predicted octanol–water partition coefficient (Wildman–Crippen LogP) is 2.63. The van der Waals surface area contributed by atoms with Crippen LogP contribution >= 0.6 is 11.8 Å². The Morgan fingerprint density at radius 1 is 1.56 bits per heavy atom. The van der Waals surface area contributed by atoms with Crippen molar-refractivity contribution in [3.63, 3.8) is 0 Å². The second kappa shape index (κ2) is 5.32. The Labute approximate surface area is 111 Å². The fraction of sp³-hybridized carbons (Fsp3) is 0.385. The van der Waals surface area contributed by atoms with Crippen molar-refractivity contribution in [1.29, 1.82) is 5.26 Å². The molecule has 2 rings (SSSR count). The Kier molecular flexibility index (Phi) is 3.78. The summed E-state index contributed by atoms with van der Waals surface area (Å²) in [4.78, 5) is 4.30. The number of imidazole rings is 1. The van der Waals surface area contributed by atoms with Gasteiger partial charge in [-0.1, -0.05) is 13.0 Å². The van der Waals surface area contributed by atoms with E-state index < -0.39 is 0 Å². The van der Waals surface area contributed by atoms with Gasteiger partial charge in [-0.3, -0.25) is 0 Å². The molecule has 0 fully saturated rings. The second-order valence-corrected chi connectivity index (χ2v) is 5.52. The van der Waals surface area contributed by atoms with E-state index in [2.05, 4.69) is 24.2 Å². The van der Waals surface area contributed by atoms with Crippen LogP contribution in [-0.2, 0) is 6.54 Å². The molecule has 2 N–H and O–H groups in total. The lowest BCUT2D eigenvalue weighted by molar-refractivity contribution is 0.662. The van der Waals surface area contributed by atoms with E-state index >= 15 is 0 Å². The SMILES string of the molecule is CSC(C)CCn1c(N)nc2c(C#N)cccc21. The maximum Gasteiger partial charge on any atom is 0.201 e. The van der Waals surface area contributed by atoms with E-state index in [1.165, 1.54) is 0 Å². The van der Waals surface area contributed by atoms with E-state index in [-0.39, 0.29) is 0 Å². The van der Waals surface area contributed by atoms with E-state index in [0.717, 1.165) is 18.5 Å². The average molecular weight is 260 g/mol. The molecule has 2 aromatic rings. The molecular formula is C13H16N4S. The summed E-state index contributed by atoms with van der Waals surface area (Å²) < 4.78 is 1.99. The minimum atomic E-state index is 0.487. The fourth-order valence-electron chi connectivity index (χ4n) is 1.92. The highest BCUT2D eigenvalue weighted by Crippen LogP contribution is 2.22. The molecule has 18 heavy (non-hydrogen) atoms. The number of thioether (sulfide) groups is 1. The van der Waals surface area contributed by atoms with E-state index in [1.807, 2.05) is 28.5 Å². The summed E-state index contributed by atoms with van der Waals surface area (Å²) in [5.41, 5.74) is 8.17. The van der Waals surface area contributed by atoms with Crippen molar-refractivity contribution in [2.75, 3.05) is 12.0 Å². The maximum atomic E-state index is 9.05. The van der Waals surface area contributed by atoms with Gasteiger partial charge in [0.2, 0.25) is 5.95 Å². The van der Waals surface area contributed by atoms with Gasteiger partial charge in [0.15, 0.2) is 0 Å². The van der Waals surface area contributed by atoms with Gasteiger partial charge in [-0.05, 0) is 24.8 Å². The summed E-state index contributed by atoms with van der Waals surface area (Å²) in [6.07, 6.45) is 3.14. The van der Waals surface area contributed by atoms with Gasteiger partial charge in [0.25, 0.3) is 0 Å². The molecule has 1 aromatic heterocycles. The van der Waals surface area contributed by atoms with Crippen molar-refractivity contribution in [1.82, 2.24) is 9.55 Å². The van der Waals surface area contributed by atoms with Crippen molar-refractivity contribution in [3.8, 4) is 6.07 Å². The number of nitrogens with zero attached hydrogens (tertiary/aromatic N) is 3. The molecule has 1 unspecified atom stereocenters. The molecular weight excluding hydrogens is 244 g/mol. The van der Waals surface area contributed by atoms with Gasteiger partial charge in [-0.25, -0.2) is 4.98 Å². The first-order chi connectivity index (χ1) is 8.67. The minimum absolute atomic E-state index is 0.487. The number of nitrogens with two attached hydrogens (primary N) is 1. The molecule has 1 heterocycles. The zero-order chi connectivity index (χ0) is 13.1. The first-order valence-corrected chi connectivity index (χ1v) is 7.13. The quantitative estimate of drug-likeness (QED) is 0.917. The van der Waals surface area contributed by atoms with E-state index in [4.69, 9.17) is 11.0 Å². The lowest BCUT2D eigenvalue weighted by Crippen LogP contribution is -2.07. The van der Waals surface area contributed by atoms with Gasteiger partial charge in [-0.2, -0.15) is 17.0 Å². The number of hydrogen-bond acceptors (Lipinski definition) is 4. The number of benzene rings is 1. The smallest absolute Gasteiger partial charge is 0.201 e. The number of hydrogen-bond donors (Lipinski definition) is 1. The number of nitrogen functional groups attached to an aromatic ring is 1. The lowest BCUT2D eigenvalue weighted by Gasteiger charge is -2.10. The second-order valence-electron chi connectivity index (χ2n) is 4.24. The maximum absolute atomic E-state index is 9.05.